The average molecular weight is 379 g/mol. The van der Waals surface area contributed by atoms with Crippen LogP contribution in [0.25, 0.3) is 11.0 Å². The van der Waals surface area contributed by atoms with Gasteiger partial charge in [-0.2, -0.15) is 0 Å². The lowest BCUT2D eigenvalue weighted by molar-refractivity contribution is 0.0702. The summed E-state index contributed by atoms with van der Waals surface area (Å²) in [6.45, 7) is 1.76. The predicted molar refractivity (Wildman–Crippen MR) is 94.1 cm³/mol. The molecule has 2 heterocycles. The van der Waals surface area contributed by atoms with E-state index in [4.69, 9.17) is 9.52 Å². The number of carboxylic acids is 1. The second kappa shape index (κ2) is 6.01. The lowest BCUT2D eigenvalue weighted by Gasteiger charge is -2.18. The number of anilines is 1. The number of hydrogen-bond donors (Lipinski definition) is 1. The summed E-state index contributed by atoms with van der Waals surface area (Å²) in [5.74, 6) is -1.18. The standard InChI is InChI=1S/C16H13NO6S2/c1-9-7-14(18)23-12-8-10(3-4-11(9)12)17(2)25(21,22)15-6-5-13(24-15)16(19)20/h3-8H,1-2H3,(H,19,20). The molecule has 0 saturated heterocycles. The van der Waals surface area contributed by atoms with Crippen LogP contribution >= 0.6 is 11.3 Å². The van der Waals surface area contributed by atoms with Crippen molar-refractivity contribution < 1.29 is 22.7 Å². The summed E-state index contributed by atoms with van der Waals surface area (Å²) in [6.07, 6.45) is 0. The largest absolute Gasteiger partial charge is 0.477 e. The Kier molecular flexibility index (Phi) is 4.13. The van der Waals surface area contributed by atoms with E-state index in [2.05, 4.69) is 0 Å². The van der Waals surface area contributed by atoms with Gasteiger partial charge < -0.3 is 9.52 Å². The summed E-state index contributed by atoms with van der Waals surface area (Å²) in [4.78, 5) is 22.4. The van der Waals surface area contributed by atoms with E-state index in [1.807, 2.05) is 0 Å². The number of fused-ring (bicyclic) bond motifs is 1. The van der Waals surface area contributed by atoms with Crippen LogP contribution in [0.3, 0.4) is 0 Å². The molecule has 0 spiro atoms. The molecule has 7 nitrogen and oxygen atoms in total. The van der Waals surface area contributed by atoms with Crippen LogP contribution in [0, 0.1) is 6.92 Å². The van der Waals surface area contributed by atoms with Gasteiger partial charge in [0, 0.05) is 24.6 Å². The molecule has 130 valence electrons. The summed E-state index contributed by atoms with van der Waals surface area (Å²) >= 11 is 0.677. The summed E-state index contributed by atoms with van der Waals surface area (Å²) in [7, 11) is -2.57. The summed E-state index contributed by atoms with van der Waals surface area (Å²) in [6, 6.07) is 8.60. The van der Waals surface area contributed by atoms with Gasteiger partial charge in [0.2, 0.25) is 0 Å². The van der Waals surface area contributed by atoms with Crippen molar-refractivity contribution in [2.45, 2.75) is 11.1 Å². The van der Waals surface area contributed by atoms with Crippen molar-refractivity contribution in [2.75, 3.05) is 11.4 Å². The van der Waals surface area contributed by atoms with E-state index >= 15 is 0 Å². The number of carboxylic acid groups (broad SMARTS) is 1. The van der Waals surface area contributed by atoms with E-state index in [1.54, 1.807) is 19.1 Å². The van der Waals surface area contributed by atoms with Crippen molar-refractivity contribution in [3.05, 3.63) is 57.3 Å². The van der Waals surface area contributed by atoms with Gasteiger partial charge >= 0.3 is 11.6 Å². The van der Waals surface area contributed by atoms with Crippen molar-refractivity contribution >= 4 is 44.0 Å². The van der Waals surface area contributed by atoms with Crippen LogP contribution in [0.4, 0.5) is 5.69 Å². The number of rotatable bonds is 4. The molecule has 3 rings (SSSR count). The SMILES string of the molecule is Cc1cc(=O)oc2cc(N(C)S(=O)(=O)c3ccc(C(=O)O)s3)ccc12. The zero-order valence-electron chi connectivity index (χ0n) is 13.2. The van der Waals surface area contributed by atoms with E-state index in [1.165, 1.54) is 31.3 Å². The van der Waals surface area contributed by atoms with Gasteiger partial charge in [0.25, 0.3) is 10.0 Å². The monoisotopic (exact) mass is 379 g/mol. The molecule has 25 heavy (non-hydrogen) atoms. The van der Waals surface area contributed by atoms with Crippen molar-refractivity contribution in [2.24, 2.45) is 0 Å². The van der Waals surface area contributed by atoms with Crippen LogP contribution < -0.4 is 9.93 Å². The fraction of sp³-hybridized carbons (Fsp3) is 0.125. The first-order valence-electron chi connectivity index (χ1n) is 7.07. The Balaban J connectivity index is 2.07. The first-order valence-corrected chi connectivity index (χ1v) is 9.32. The maximum Gasteiger partial charge on any atom is 0.345 e. The van der Waals surface area contributed by atoms with Crippen molar-refractivity contribution in [3.8, 4) is 0 Å². The lowest BCUT2D eigenvalue weighted by Crippen LogP contribution is -2.25. The van der Waals surface area contributed by atoms with E-state index in [0.717, 1.165) is 9.87 Å². The minimum atomic E-state index is -3.92. The maximum absolute atomic E-state index is 12.7. The molecule has 0 bridgehead atoms. The van der Waals surface area contributed by atoms with Crippen LogP contribution in [0.2, 0.25) is 0 Å². The zero-order chi connectivity index (χ0) is 18.4. The molecule has 1 aromatic carbocycles. The third-order valence-corrected chi connectivity index (χ3v) is 7.03. The molecule has 9 heteroatoms. The Bertz CT molecular complexity index is 1140. The zero-order valence-corrected chi connectivity index (χ0v) is 14.8. The molecule has 0 aliphatic heterocycles. The fourth-order valence-electron chi connectivity index (χ4n) is 2.36. The minimum Gasteiger partial charge on any atom is -0.477 e. The third kappa shape index (κ3) is 3.03. The van der Waals surface area contributed by atoms with Gasteiger partial charge in [0.15, 0.2) is 0 Å². The van der Waals surface area contributed by atoms with Crippen molar-refractivity contribution in [3.63, 3.8) is 0 Å². The van der Waals surface area contributed by atoms with Crippen LogP contribution in [-0.2, 0) is 10.0 Å². The number of thiophene rings is 1. The van der Waals surface area contributed by atoms with E-state index in [9.17, 15) is 18.0 Å². The van der Waals surface area contributed by atoms with Gasteiger partial charge in [-0.15, -0.1) is 11.3 Å². The highest BCUT2D eigenvalue weighted by Crippen LogP contribution is 2.29. The Morgan fingerprint density at radius 1 is 1.20 bits per heavy atom. The number of aromatic carboxylic acids is 1. The van der Waals surface area contributed by atoms with Gasteiger partial charge in [-0.3, -0.25) is 4.31 Å². The Morgan fingerprint density at radius 2 is 1.92 bits per heavy atom. The summed E-state index contributed by atoms with van der Waals surface area (Å²) in [5.41, 5.74) is 0.790. The van der Waals surface area contributed by atoms with Crippen molar-refractivity contribution in [1.82, 2.24) is 0 Å². The Labute approximate surface area is 146 Å². The summed E-state index contributed by atoms with van der Waals surface area (Å²) in [5, 5.41) is 9.66. The normalized spacial score (nSPS) is 11.6. The van der Waals surface area contributed by atoms with Crippen LogP contribution in [0.5, 0.6) is 0 Å². The molecule has 0 amide bonds. The number of carbonyl (C=O) groups is 1. The molecule has 0 aliphatic carbocycles. The highest BCUT2D eigenvalue weighted by molar-refractivity contribution is 7.94. The predicted octanol–water partition coefficient (Wildman–Crippen LogP) is 2.69. The first kappa shape index (κ1) is 17.2. The number of sulfonamides is 1. The lowest BCUT2D eigenvalue weighted by atomic mass is 10.1. The van der Waals surface area contributed by atoms with Crippen molar-refractivity contribution in [1.29, 1.82) is 0 Å². The molecular weight excluding hydrogens is 366 g/mol. The molecule has 0 fully saturated rings. The van der Waals surface area contributed by atoms with Gasteiger partial charge in [0.05, 0.1) is 5.69 Å². The number of hydrogen-bond acceptors (Lipinski definition) is 6. The second-order valence-corrected chi connectivity index (χ2v) is 8.61. The second-order valence-electron chi connectivity index (χ2n) is 5.33. The van der Waals surface area contributed by atoms with Crippen LogP contribution in [0.15, 0.2) is 49.8 Å². The molecule has 0 saturated carbocycles. The van der Waals surface area contributed by atoms with E-state index in [-0.39, 0.29) is 14.7 Å². The Morgan fingerprint density at radius 3 is 2.56 bits per heavy atom. The number of nitrogens with zero attached hydrogens (tertiary/aromatic N) is 1. The average Bonchev–Trinajstić information content (AvgIpc) is 3.04. The van der Waals surface area contributed by atoms with E-state index < -0.39 is 21.6 Å². The third-order valence-electron chi connectivity index (χ3n) is 3.71. The number of aryl methyl sites for hydroxylation is 1. The molecule has 0 unspecified atom stereocenters. The highest BCUT2D eigenvalue weighted by Gasteiger charge is 2.25. The molecule has 1 N–H and O–H groups in total. The quantitative estimate of drug-likeness (QED) is 0.699. The maximum atomic E-state index is 12.7. The molecular formula is C16H13NO6S2. The van der Waals surface area contributed by atoms with Gasteiger partial charge in [-0.05, 0) is 36.8 Å². The topological polar surface area (TPSA) is 105 Å². The fourth-order valence-corrected chi connectivity index (χ4v) is 4.86. The van der Waals surface area contributed by atoms with Crippen LogP contribution in [0.1, 0.15) is 15.2 Å². The first-order chi connectivity index (χ1) is 11.7. The highest BCUT2D eigenvalue weighted by atomic mass is 32.2. The van der Waals surface area contributed by atoms with Gasteiger partial charge in [-0.1, -0.05) is 0 Å². The summed E-state index contributed by atoms with van der Waals surface area (Å²) < 4.78 is 31.4. The minimum absolute atomic E-state index is 0.0629. The molecule has 0 radical (unpaired) electrons. The Hall–Kier alpha value is -2.65. The van der Waals surface area contributed by atoms with E-state index in [0.29, 0.717) is 22.4 Å². The molecule has 2 aromatic heterocycles. The molecule has 3 aromatic rings. The molecule has 0 atom stereocenters. The van der Waals surface area contributed by atoms with Gasteiger partial charge in [-0.25, -0.2) is 18.0 Å². The molecule has 0 aliphatic rings. The van der Waals surface area contributed by atoms with Gasteiger partial charge in [0.1, 0.15) is 14.7 Å². The number of benzene rings is 1. The smallest absolute Gasteiger partial charge is 0.345 e. The van der Waals surface area contributed by atoms with Crippen LogP contribution in [-0.4, -0.2) is 26.5 Å².